The van der Waals surface area contributed by atoms with Crippen molar-refractivity contribution in [3.63, 3.8) is 0 Å². The molecule has 22 heavy (non-hydrogen) atoms. The Morgan fingerprint density at radius 1 is 1.23 bits per heavy atom. The van der Waals surface area contributed by atoms with Crippen molar-refractivity contribution in [2.45, 2.75) is 33.0 Å². The number of aryl methyl sites for hydroxylation is 1. The minimum absolute atomic E-state index is 0.181. The molecule has 0 aliphatic heterocycles. The van der Waals surface area contributed by atoms with Crippen LogP contribution in [0.1, 0.15) is 24.7 Å². The number of nitrogens with zero attached hydrogens (tertiary/aromatic N) is 3. The summed E-state index contributed by atoms with van der Waals surface area (Å²) in [5, 5.41) is 10.2. The zero-order valence-corrected chi connectivity index (χ0v) is 14.2. The third-order valence-electron chi connectivity index (χ3n) is 3.53. The molecule has 4 nitrogen and oxygen atoms in total. The van der Waals surface area contributed by atoms with E-state index >= 15 is 0 Å². The van der Waals surface area contributed by atoms with E-state index < -0.39 is 0 Å². The lowest BCUT2D eigenvalue weighted by Gasteiger charge is -2.22. The molecule has 0 saturated carbocycles. The standard InChI is InChI=1S/C16H21Cl2N3O/c1-2-21-8-6-19-16(21)12-20(7-3-9-22)11-13-4-5-14(17)15(18)10-13/h4-6,8,10,22H,2-3,7,9,11-12H2,1H3. The van der Waals surface area contributed by atoms with Crippen LogP contribution in [0.15, 0.2) is 30.6 Å². The fourth-order valence-corrected chi connectivity index (χ4v) is 2.70. The first-order chi connectivity index (χ1) is 10.6. The molecule has 0 aliphatic carbocycles. The fourth-order valence-electron chi connectivity index (χ4n) is 2.38. The number of benzene rings is 1. The first-order valence-corrected chi connectivity index (χ1v) is 8.16. The Hall–Kier alpha value is -1.07. The van der Waals surface area contributed by atoms with Gasteiger partial charge in [0.1, 0.15) is 5.82 Å². The van der Waals surface area contributed by atoms with E-state index in [2.05, 4.69) is 21.4 Å². The Morgan fingerprint density at radius 3 is 2.73 bits per heavy atom. The van der Waals surface area contributed by atoms with Crippen molar-refractivity contribution in [1.29, 1.82) is 0 Å². The van der Waals surface area contributed by atoms with Gasteiger partial charge in [-0.2, -0.15) is 0 Å². The van der Waals surface area contributed by atoms with Crippen molar-refractivity contribution in [2.24, 2.45) is 0 Å². The van der Waals surface area contributed by atoms with Gasteiger partial charge in [-0.25, -0.2) is 4.98 Å². The van der Waals surface area contributed by atoms with Crippen LogP contribution in [0.4, 0.5) is 0 Å². The predicted molar refractivity (Wildman–Crippen MR) is 90.2 cm³/mol. The zero-order chi connectivity index (χ0) is 15.9. The van der Waals surface area contributed by atoms with Crippen LogP contribution in [-0.4, -0.2) is 32.7 Å². The molecule has 0 atom stereocenters. The Kier molecular flexibility index (Phi) is 6.70. The minimum Gasteiger partial charge on any atom is -0.396 e. The SMILES string of the molecule is CCn1ccnc1CN(CCCO)Cc1ccc(Cl)c(Cl)c1. The summed E-state index contributed by atoms with van der Waals surface area (Å²) in [7, 11) is 0. The van der Waals surface area contributed by atoms with Gasteiger partial charge in [-0.15, -0.1) is 0 Å². The first-order valence-electron chi connectivity index (χ1n) is 7.41. The van der Waals surface area contributed by atoms with Gasteiger partial charge >= 0.3 is 0 Å². The van der Waals surface area contributed by atoms with Crippen molar-refractivity contribution in [3.8, 4) is 0 Å². The zero-order valence-electron chi connectivity index (χ0n) is 12.7. The lowest BCUT2D eigenvalue weighted by atomic mass is 10.2. The number of aliphatic hydroxyl groups excluding tert-OH is 1. The maximum absolute atomic E-state index is 9.10. The summed E-state index contributed by atoms with van der Waals surface area (Å²) in [4.78, 5) is 6.67. The van der Waals surface area contributed by atoms with E-state index in [0.29, 0.717) is 10.0 Å². The van der Waals surface area contributed by atoms with E-state index in [-0.39, 0.29) is 6.61 Å². The van der Waals surface area contributed by atoms with E-state index in [9.17, 15) is 0 Å². The first kappa shape index (κ1) is 17.3. The van der Waals surface area contributed by atoms with E-state index in [1.807, 2.05) is 30.6 Å². The van der Waals surface area contributed by atoms with Crippen LogP contribution >= 0.6 is 23.2 Å². The molecule has 2 aromatic rings. The van der Waals surface area contributed by atoms with E-state index in [1.54, 1.807) is 0 Å². The highest BCUT2D eigenvalue weighted by molar-refractivity contribution is 6.42. The maximum Gasteiger partial charge on any atom is 0.122 e. The second-order valence-corrected chi connectivity index (χ2v) is 5.98. The summed E-state index contributed by atoms with van der Waals surface area (Å²) >= 11 is 12.0. The molecule has 0 radical (unpaired) electrons. The van der Waals surface area contributed by atoms with E-state index in [4.69, 9.17) is 28.3 Å². The summed E-state index contributed by atoms with van der Waals surface area (Å²) < 4.78 is 2.13. The number of halogens is 2. The van der Waals surface area contributed by atoms with Crippen molar-refractivity contribution >= 4 is 23.2 Å². The number of rotatable bonds is 8. The lowest BCUT2D eigenvalue weighted by molar-refractivity contribution is 0.207. The van der Waals surface area contributed by atoms with Gasteiger partial charge in [0.05, 0.1) is 16.6 Å². The van der Waals surface area contributed by atoms with Crippen LogP contribution in [0.2, 0.25) is 10.0 Å². The van der Waals surface area contributed by atoms with Gasteiger partial charge in [-0.1, -0.05) is 29.3 Å². The molecule has 1 aromatic carbocycles. The molecule has 2 rings (SSSR count). The topological polar surface area (TPSA) is 41.3 Å². The highest BCUT2D eigenvalue weighted by atomic mass is 35.5. The molecule has 0 unspecified atom stereocenters. The highest BCUT2D eigenvalue weighted by Gasteiger charge is 2.11. The molecule has 0 saturated heterocycles. The van der Waals surface area contributed by atoms with Crippen molar-refractivity contribution in [3.05, 3.63) is 52.0 Å². The molecule has 6 heteroatoms. The quantitative estimate of drug-likeness (QED) is 0.797. The van der Waals surface area contributed by atoms with E-state index in [0.717, 1.165) is 44.0 Å². The van der Waals surface area contributed by atoms with Crippen molar-refractivity contribution < 1.29 is 5.11 Å². The third kappa shape index (κ3) is 4.71. The maximum atomic E-state index is 9.10. The third-order valence-corrected chi connectivity index (χ3v) is 4.27. The molecule has 1 N–H and O–H groups in total. The average Bonchev–Trinajstić information content (AvgIpc) is 2.95. The number of aliphatic hydroxyl groups is 1. The Labute approximate surface area is 141 Å². The Morgan fingerprint density at radius 2 is 2.05 bits per heavy atom. The van der Waals surface area contributed by atoms with Crippen LogP contribution in [-0.2, 0) is 19.6 Å². The number of hydrogen-bond donors (Lipinski definition) is 1. The molecule has 0 aliphatic rings. The molecule has 1 heterocycles. The smallest absolute Gasteiger partial charge is 0.122 e. The van der Waals surface area contributed by atoms with Gasteiger partial charge in [0.25, 0.3) is 0 Å². The molecule has 1 aromatic heterocycles. The molecule has 0 bridgehead atoms. The van der Waals surface area contributed by atoms with Gasteiger partial charge in [-0.05, 0) is 31.0 Å². The van der Waals surface area contributed by atoms with Gasteiger partial charge < -0.3 is 9.67 Å². The number of imidazole rings is 1. The summed E-state index contributed by atoms with van der Waals surface area (Å²) in [5.41, 5.74) is 1.10. The molecular formula is C16H21Cl2N3O. The summed E-state index contributed by atoms with van der Waals surface area (Å²) in [6.07, 6.45) is 4.54. The van der Waals surface area contributed by atoms with Crippen LogP contribution in [0, 0.1) is 0 Å². The Balaban J connectivity index is 2.09. The van der Waals surface area contributed by atoms with Crippen LogP contribution in [0.25, 0.3) is 0 Å². The monoisotopic (exact) mass is 341 g/mol. The number of aromatic nitrogens is 2. The summed E-state index contributed by atoms with van der Waals surface area (Å²) in [6.45, 7) is 5.46. The van der Waals surface area contributed by atoms with Gasteiger partial charge in [0.15, 0.2) is 0 Å². The minimum atomic E-state index is 0.181. The molecule has 0 amide bonds. The van der Waals surface area contributed by atoms with Gasteiger partial charge in [-0.3, -0.25) is 4.90 Å². The van der Waals surface area contributed by atoms with Crippen molar-refractivity contribution in [2.75, 3.05) is 13.2 Å². The fraction of sp³-hybridized carbons (Fsp3) is 0.438. The Bertz CT molecular complexity index is 601. The summed E-state index contributed by atoms with van der Waals surface area (Å²) in [6, 6.07) is 5.69. The van der Waals surface area contributed by atoms with Crippen LogP contribution in [0.5, 0.6) is 0 Å². The highest BCUT2D eigenvalue weighted by Crippen LogP contribution is 2.23. The molecule has 120 valence electrons. The second-order valence-electron chi connectivity index (χ2n) is 5.17. The van der Waals surface area contributed by atoms with Gasteiger partial charge in [0.2, 0.25) is 0 Å². The number of hydrogen-bond acceptors (Lipinski definition) is 3. The van der Waals surface area contributed by atoms with E-state index in [1.165, 1.54) is 0 Å². The lowest BCUT2D eigenvalue weighted by Crippen LogP contribution is -2.26. The van der Waals surface area contributed by atoms with Gasteiger partial charge in [0, 0.05) is 38.6 Å². The normalized spacial score (nSPS) is 11.3. The molecule has 0 fully saturated rings. The summed E-state index contributed by atoms with van der Waals surface area (Å²) in [5.74, 6) is 1.03. The van der Waals surface area contributed by atoms with Crippen LogP contribution < -0.4 is 0 Å². The van der Waals surface area contributed by atoms with Crippen molar-refractivity contribution in [1.82, 2.24) is 14.5 Å². The van der Waals surface area contributed by atoms with Crippen LogP contribution in [0.3, 0.4) is 0 Å². The molecule has 0 spiro atoms. The second kappa shape index (κ2) is 8.53. The largest absolute Gasteiger partial charge is 0.396 e. The molecular weight excluding hydrogens is 321 g/mol. The predicted octanol–water partition coefficient (Wildman–Crippen LogP) is 3.59. The average molecular weight is 342 g/mol.